The van der Waals surface area contributed by atoms with Crippen LogP contribution in [0.25, 0.3) is 10.2 Å². The molecule has 1 amide bonds. The molecule has 0 radical (unpaired) electrons. The maximum Gasteiger partial charge on any atom is 0.234 e. The minimum Gasteiger partial charge on any atom is -0.325 e. The van der Waals surface area contributed by atoms with E-state index in [1.54, 1.807) is 23.1 Å². The first-order valence-corrected chi connectivity index (χ1v) is 12.7. The number of aryl methyl sites for hydroxylation is 2. The molecule has 0 atom stereocenters. The molecule has 0 bridgehead atoms. The molecule has 2 heterocycles. The van der Waals surface area contributed by atoms with Crippen molar-refractivity contribution in [3.8, 4) is 0 Å². The highest BCUT2D eigenvalue weighted by atomic mass is 32.2. The van der Waals surface area contributed by atoms with E-state index in [1.165, 1.54) is 16.5 Å². The first-order chi connectivity index (χ1) is 15.0. The lowest BCUT2D eigenvalue weighted by molar-refractivity contribution is -0.113. The number of thioether (sulfide) groups is 2. The summed E-state index contributed by atoms with van der Waals surface area (Å²) >= 11 is 4.77. The summed E-state index contributed by atoms with van der Waals surface area (Å²) in [6.45, 7) is 6.86. The second-order valence-corrected chi connectivity index (χ2v) is 10.3. The number of hydrogen-bond acceptors (Lipinski definition) is 7. The summed E-state index contributed by atoms with van der Waals surface area (Å²) in [5, 5.41) is 12.4. The molecule has 31 heavy (non-hydrogen) atoms. The minimum absolute atomic E-state index is 0.0500. The fourth-order valence-corrected chi connectivity index (χ4v) is 6.09. The molecule has 4 rings (SSSR count). The summed E-state index contributed by atoms with van der Waals surface area (Å²) in [6, 6.07) is 14.2. The van der Waals surface area contributed by atoms with Gasteiger partial charge in [-0.15, -0.1) is 21.5 Å². The average Bonchev–Trinajstić information content (AvgIpc) is 3.32. The van der Waals surface area contributed by atoms with Gasteiger partial charge < -0.3 is 9.88 Å². The van der Waals surface area contributed by atoms with Crippen LogP contribution in [0, 0.1) is 13.8 Å². The van der Waals surface area contributed by atoms with E-state index in [4.69, 9.17) is 0 Å². The third kappa shape index (κ3) is 5.47. The second-order valence-electron chi connectivity index (χ2n) is 7.09. The van der Waals surface area contributed by atoms with Crippen LogP contribution in [0.5, 0.6) is 0 Å². The molecule has 0 saturated carbocycles. The van der Waals surface area contributed by atoms with Gasteiger partial charge in [0.1, 0.15) is 5.82 Å². The summed E-state index contributed by atoms with van der Waals surface area (Å²) in [4.78, 5) is 17.1. The fourth-order valence-electron chi connectivity index (χ4n) is 3.26. The predicted octanol–water partition coefficient (Wildman–Crippen LogP) is 5.55. The van der Waals surface area contributed by atoms with E-state index in [1.807, 2.05) is 44.2 Å². The van der Waals surface area contributed by atoms with Crippen molar-refractivity contribution in [3.05, 3.63) is 59.4 Å². The van der Waals surface area contributed by atoms with Crippen LogP contribution in [-0.4, -0.2) is 31.4 Å². The summed E-state index contributed by atoms with van der Waals surface area (Å²) in [7, 11) is 0. The highest BCUT2D eigenvalue weighted by Gasteiger charge is 2.15. The topological polar surface area (TPSA) is 72.7 Å². The van der Waals surface area contributed by atoms with Crippen LogP contribution >= 0.6 is 34.9 Å². The molecule has 0 fully saturated rings. The van der Waals surface area contributed by atoms with Crippen LogP contribution in [0.4, 0.5) is 5.69 Å². The van der Waals surface area contributed by atoms with Crippen molar-refractivity contribution in [3.63, 3.8) is 0 Å². The summed E-state index contributed by atoms with van der Waals surface area (Å²) in [5.74, 6) is 1.82. The Labute approximate surface area is 193 Å². The van der Waals surface area contributed by atoms with Gasteiger partial charge in [0, 0.05) is 12.2 Å². The molecule has 2 aromatic heterocycles. The Bertz CT molecular complexity index is 1160. The number of thiazole rings is 1. The van der Waals surface area contributed by atoms with Crippen molar-refractivity contribution in [2.45, 2.75) is 42.6 Å². The molecule has 0 aliphatic rings. The molecule has 9 heteroatoms. The SMILES string of the molecule is CCn1c(CSc2nc3ccccc3s2)nnc1SCC(=O)Nc1cc(C)cc(C)c1. The van der Waals surface area contributed by atoms with E-state index in [0.717, 1.165) is 44.2 Å². The molecule has 4 aromatic rings. The molecule has 0 spiro atoms. The van der Waals surface area contributed by atoms with Crippen molar-refractivity contribution in [2.24, 2.45) is 0 Å². The number of benzene rings is 2. The number of fused-ring (bicyclic) bond motifs is 1. The van der Waals surface area contributed by atoms with Gasteiger partial charge in [0.25, 0.3) is 0 Å². The molecule has 160 valence electrons. The van der Waals surface area contributed by atoms with Crippen molar-refractivity contribution in [1.82, 2.24) is 19.7 Å². The van der Waals surface area contributed by atoms with E-state index in [9.17, 15) is 4.79 Å². The highest BCUT2D eigenvalue weighted by Crippen LogP contribution is 2.31. The molecule has 0 unspecified atom stereocenters. The normalized spacial score (nSPS) is 11.2. The van der Waals surface area contributed by atoms with Crippen LogP contribution in [0.2, 0.25) is 0 Å². The lowest BCUT2D eigenvalue weighted by Crippen LogP contribution is -2.15. The number of hydrogen-bond donors (Lipinski definition) is 1. The van der Waals surface area contributed by atoms with Gasteiger partial charge in [-0.25, -0.2) is 4.98 Å². The van der Waals surface area contributed by atoms with Crippen LogP contribution in [0.3, 0.4) is 0 Å². The standard InChI is InChI=1S/C22H23N5OS3/c1-4-27-19(12-30-22-24-17-7-5-6-8-18(17)31-22)25-26-21(27)29-13-20(28)23-16-10-14(2)9-15(3)11-16/h5-11H,4,12-13H2,1-3H3,(H,23,28). The maximum atomic E-state index is 12.4. The number of aromatic nitrogens is 4. The van der Waals surface area contributed by atoms with Crippen LogP contribution < -0.4 is 5.32 Å². The minimum atomic E-state index is -0.0500. The number of nitrogens with one attached hydrogen (secondary N) is 1. The monoisotopic (exact) mass is 469 g/mol. The first-order valence-electron chi connectivity index (χ1n) is 9.93. The zero-order valence-electron chi connectivity index (χ0n) is 17.6. The third-order valence-electron chi connectivity index (χ3n) is 4.55. The zero-order valence-corrected chi connectivity index (χ0v) is 20.0. The smallest absolute Gasteiger partial charge is 0.234 e. The number of carbonyl (C=O) groups excluding carboxylic acids is 1. The molecular weight excluding hydrogens is 446 g/mol. The average molecular weight is 470 g/mol. The lowest BCUT2D eigenvalue weighted by Gasteiger charge is -2.08. The zero-order chi connectivity index (χ0) is 21.8. The number of amides is 1. The Kier molecular flexibility index (Phi) is 6.94. The summed E-state index contributed by atoms with van der Waals surface area (Å²) in [5.41, 5.74) is 4.11. The largest absolute Gasteiger partial charge is 0.325 e. The van der Waals surface area contributed by atoms with Crippen LogP contribution in [0.15, 0.2) is 52.0 Å². The van der Waals surface area contributed by atoms with E-state index in [-0.39, 0.29) is 11.7 Å². The molecule has 1 N–H and O–H groups in total. The summed E-state index contributed by atoms with van der Waals surface area (Å²) < 4.78 is 4.27. The Morgan fingerprint density at radius 2 is 1.87 bits per heavy atom. The van der Waals surface area contributed by atoms with Crippen molar-refractivity contribution in [2.75, 3.05) is 11.1 Å². The number of rotatable bonds is 8. The van der Waals surface area contributed by atoms with E-state index >= 15 is 0 Å². The van der Waals surface area contributed by atoms with Gasteiger partial charge in [-0.3, -0.25) is 4.79 Å². The number of carbonyl (C=O) groups is 1. The predicted molar refractivity (Wildman–Crippen MR) is 130 cm³/mol. The Morgan fingerprint density at radius 3 is 2.61 bits per heavy atom. The van der Waals surface area contributed by atoms with Gasteiger partial charge >= 0.3 is 0 Å². The Hall–Kier alpha value is -2.36. The van der Waals surface area contributed by atoms with Gasteiger partial charge in [-0.2, -0.15) is 0 Å². The molecule has 6 nitrogen and oxygen atoms in total. The van der Waals surface area contributed by atoms with Gasteiger partial charge in [-0.05, 0) is 56.2 Å². The van der Waals surface area contributed by atoms with Gasteiger partial charge in [0.05, 0.1) is 21.7 Å². The fraction of sp³-hybridized carbons (Fsp3) is 0.273. The second kappa shape index (κ2) is 9.84. The van der Waals surface area contributed by atoms with Crippen molar-refractivity contribution >= 4 is 56.7 Å². The van der Waals surface area contributed by atoms with Gasteiger partial charge in [-0.1, -0.05) is 41.7 Å². The van der Waals surface area contributed by atoms with Crippen LogP contribution in [0.1, 0.15) is 23.9 Å². The van der Waals surface area contributed by atoms with Crippen LogP contribution in [-0.2, 0) is 17.1 Å². The van der Waals surface area contributed by atoms with Crippen molar-refractivity contribution in [1.29, 1.82) is 0 Å². The van der Waals surface area contributed by atoms with Gasteiger partial charge in [0.15, 0.2) is 9.50 Å². The van der Waals surface area contributed by atoms with Crippen molar-refractivity contribution < 1.29 is 4.79 Å². The van der Waals surface area contributed by atoms with E-state index < -0.39 is 0 Å². The molecule has 0 aliphatic heterocycles. The number of para-hydroxylation sites is 1. The van der Waals surface area contributed by atoms with E-state index in [2.05, 4.69) is 44.1 Å². The third-order valence-corrected chi connectivity index (χ3v) is 7.69. The highest BCUT2D eigenvalue weighted by molar-refractivity contribution is 8.00. The van der Waals surface area contributed by atoms with E-state index in [0.29, 0.717) is 5.75 Å². The number of anilines is 1. The maximum absolute atomic E-state index is 12.4. The Balaban J connectivity index is 1.36. The van der Waals surface area contributed by atoms with Gasteiger partial charge in [0.2, 0.25) is 5.91 Å². The molecule has 0 aliphatic carbocycles. The quantitative estimate of drug-likeness (QED) is 0.341. The number of nitrogens with zero attached hydrogens (tertiary/aromatic N) is 4. The molecular formula is C22H23N5OS3. The molecule has 0 saturated heterocycles. The first kappa shape index (κ1) is 21.9. The summed E-state index contributed by atoms with van der Waals surface area (Å²) in [6.07, 6.45) is 0. The lowest BCUT2D eigenvalue weighted by atomic mass is 10.1. The Morgan fingerprint density at radius 1 is 1.10 bits per heavy atom. The molecule has 2 aromatic carbocycles.